The topological polar surface area (TPSA) is 90.5 Å². The number of benzene rings is 2. The molecule has 0 aliphatic rings. The van der Waals surface area contributed by atoms with Gasteiger partial charge in [0.05, 0.1) is 28.8 Å². The summed E-state index contributed by atoms with van der Waals surface area (Å²) in [5.41, 5.74) is 5.85. The van der Waals surface area contributed by atoms with E-state index >= 15 is 0 Å². The molecule has 0 spiro atoms. The predicted molar refractivity (Wildman–Crippen MR) is 121 cm³/mol. The molecule has 1 N–H and O–H groups in total. The zero-order valence-electron chi connectivity index (χ0n) is 17.5. The van der Waals surface area contributed by atoms with Crippen LogP contribution in [0.4, 0.5) is 4.39 Å². The van der Waals surface area contributed by atoms with Crippen molar-refractivity contribution in [2.24, 2.45) is 0 Å². The maximum atomic E-state index is 13.1. The average Bonchev–Trinajstić information content (AvgIpc) is 3.20. The fourth-order valence-electron chi connectivity index (χ4n) is 3.72. The number of carbonyl (C=O) groups is 1. The average molecular weight is 443 g/mol. The molecule has 0 fully saturated rings. The van der Waals surface area contributed by atoms with Crippen molar-refractivity contribution in [1.82, 2.24) is 19.3 Å². The molecule has 1 amide bonds. The van der Waals surface area contributed by atoms with Crippen LogP contribution in [0.5, 0.6) is 0 Å². The largest absolute Gasteiger partial charge is 0.378 e. The van der Waals surface area contributed by atoms with E-state index in [-0.39, 0.29) is 17.6 Å². The standard InChI is InChI=1S/C24H18FN5O3/c1-33-14-19-21(15-5-3-2-4-6-15)22-26-13-18-20(30(22)27-19)11-12-29(24(18)32)28-23(31)16-7-9-17(25)10-8-16/h2-13H,14H2,1H3,(H,28,31). The molecule has 9 heteroatoms. The molecule has 0 saturated carbocycles. The van der Waals surface area contributed by atoms with Gasteiger partial charge < -0.3 is 4.74 Å². The van der Waals surface area contributed by atoms with Gasteiger partial charge in [0.25, 0.3) is 11.5 Å². The van der Waals surface area contributed by atoms with E-state index in [1.807, 2.05) is 30.3 Å². The summed E-state index contributed by atoms with van der Waals surface area (Å²) in [6.45, 7) is 0.278. The smallest absolute Gasteiger partial charge is 0.280 e. The van der Waals surface area contributed by atoms with Gasteiger partial charge in [0, 0.05) is 25.1 Å². The van der Waals surface area contributed by atoms with Crippen LogP contribution in [-0.2, 0) is 11.3 Å². The van der Waals surface area contributed by atoms with E-state index in [0.717, 1.165) is 15.8 Å². The molecule has 0 radical (unpaired) electrons. The van der Waals surface area contributed by atoms with Crippen molar-refractivity contribution >= 4 is 22.5 Å². The monoisotopic (exact) mass is 443 g/mol. The van der Waals surface area contributed by atoms with Crippen molar-refractivity contribution < 1.29 is 13.9 Å². The maximum Gasteiger partial charge on any atom is 0.280 e. The molecular weight excluding hydrogens is 425 g/mol. The summed E-state index contributed by atoms with van der Waals surface area (Å²) in [4.78, 5) is 30.0. The third-order valence-corrected chi connectivity index (χ3v) is 5.26. The van der Waals surface area contributed by atoms with E-state index in [0.29, 0.717) is 16.9 Å². The Kier molecular flexibility index (Phi) is 5.15. The maximum absolute atomic E-state index is 13.1. The number of ether oxygens (including phenoxy) is 1. The zero-order chi connectivity index (χ0) is 22.9. The Morgan fingerprint density at radius 3 is 2.58 bits per heavy atom. The van der Waals surface area contributed by atoms with E-state index in [4.69, 9.17) is 4.74 Å². The van der Waals surface area contributed by atoms with Gasteiger partial charge in [-0.05, 0) is 35.9 Å². The van der Waals surface area contributed by atoms with Crippen molar-refractivity contribution in [3.63, 3.8) is 0 Å². The molecule has 2 aromatic carbocycles. The number of hydrogen-bond donors (Lipinski definition) is 1. The van der Waals surface area contributed by atoms with E-state index < -0.39 is 17.3 Å². The summed E-state index contributed by atoms with van der Waals surface area (Å²) in [6.07, 6.45) is 2.92. The lowest BCUT2D eigenvalue weighted by molar-refractivity contribution is 0.101. The van der Waals surface area contributed by atoms with Crippen molar-refractivity contribution in [1.29, 1.82) is 0 Å². The first-order valence-electron chi connectivity index (χ1n) is 10.1. The van der Waals surface area contributed by atoms with E-state index in [1.165, 1.54) is 36.7 Å². The van der Waals surface area contributed by atoms with Crippen molar-refractivity contribution in [3.8, 4) is 11.1 Å². The summed E-state index contributed by atoms with van der Waals surface area (Å²) in [6, 6.07) is 16.4. The van der Waals surface area contributed by atoms with Gasteiger partial charge in [0.1, 0.15) is 5.82 Å². The highest BCUT2D eigenvalue weighted by molar-refractivity contribution is 6.00. The van der Waals surface area contributed by atoms with Crippen LogP contribution in [0.1, 0.15) is 16.1 Å². The van der Waals surface area contributed by atoms with Crippen LogP contribution in [0.25, 0.3) is 27.7 Å². The highest BCUT2D eigenvalue weighted by atomic mass is 19.1. The van der Waals surface area contributed by atoms with Crippen LogP contribution in [-0.4, -0.2) is 32.3 Å². The van der Waals surface area contributed by atoms with Crippen molar-refractivity contribution in [3.05, 3.63) is 100 Å². The number of rotatable bonds is 5. The third-order valence-electron chi connectivity index (χ3n) is 5.26. The van der Waals surface area contributed by atoms with Crippen LogP contribution >= 0.6 is 0 Å². The lowest BCUT2D eigenvalue weighted by Crippen LogP contribution is -2.33. The molecule has 5 aromatic rings. The number of halogens is 1. The Labute approximate surface area is 186 Å². The van der Waals surface area contributed by atoms with Crippen LogP contribution < -0.4 is 11.0 Å². The molecule has 8 nitrogen and oxygen atoms in total. The SMILES string of the molecule is COCc1nn2c(ncc3c(=O)n(NC(=O)c4ccc(F)cc4)ccc32)c1-c1ccccc1. The van der Waals surface area contributed by atoms with Crippen molar-refractivity contribution in [2.75, 3.05) is 12.5 Å². The van der Waals surface area contributed by atoms with Gasteiger partial charge in [-0.25, -0.2) is 18.6 Å². The van der Waals surface area contributed by atoms with Gasteiger partial charge in [-0.15, -0.1) is 0 Å². The molecule has 3 aromatic heterocycles. The summed E-state index contributed by atoms with van der Waals surface area (Å²) >= 11 is 0. The number of carbonyl (C=O) groups excluding carboxylic acids is 1. The summed E-state index contributed by atoms with van der Waals surface area (Å²) in [7, 11) is 1.59. The number of methoxy groups -OCH3 is 1. The third kappa shape index (κ3) is 3.64. The Morgan fingerprint density at radius 2 is 1.85 bits per heavy atom. The minimum absolute atomic E-state index is 0.223. The first-order chi connectivity index (χ1) is 16.1. The second-order valence-corrected chi connectivity index (χ2v) is 7.35. The number of nitrogens with one attached hydrogen (secondary N) is 1. The molecule has 0 unspecified atom stereocenters. The molecule has 0 aliphatic carbocycles. The molecule has 0 bridgehead atoms. The Hall–Kier alpha value is -4.37. The predicted octanol–water partition coefficient (Wildman–Crippen LogP) is 3.38. The second-order valence-electron chi connectivity index (χ2n) is 7.35. The quantitative estimate of drug-likeness (QED) is 0.450. The molecule has 33 heavy (non-hydrogen) atoms. The summed E-state index contributed by atoms with van der Waals surface area (Å²) < 4.78 is 21.1. The molecule has 3 heterocycles. The Morgan fingerprint density at radius 1 is 1.09 bits per heavy atom. The molecule has 0 aliphatic heterocycles. The Balaban J connectivity index is 1.61. The molecular formula is C24H18FN5O3. The molecule has 5 rings (SSSR count). The first kappa shape index (κ1) is 20.5. The highest BCUT2D eigenvalue weighted by Crippen LogP contribution is 2.29. The van der Waals surface area contributed by atoms with Crippen molar-refractivity contribution in [2.45, 2.75) is 6.61 Å². The van der Waals surface area contributed by atoms with Crippen LogP contribution in [0.2, 0.25) is 0 Å². The minimum Gasteiger partial charge on any atom is -0.378 e. The van der Waals surface area contributed by atoms with Crippen LogP contribution in [0, 0.1) is 5.82 Å². The van der Waals surface area contributed by atoms with Crippen LogP contribution in [0.3, 0.4) is 0 Å². The van der Waals surface area contributed by atoms with Gasteiger partial charge in [-0.2, -0.15) is 5.10 Å². The van der Waals surface area contributed by atoms with Gasteiger partial charge in [0.15, 0.2) is 5.65 Å². The van der Waals surface area contributed by atoms with Gasteiger partial charge in [-0.3, -0.25) is 15.0 Å². The van der Waals surface area contributed by atoms with E-state index in [1.54, 1.807) is 17.7 Å². The normalized spacial score (nSPS) is 11.2. The second kappa shape index (κ2) is 8.29. The number of pyridine rings is 1. The number of nitrogens with zero attached hydrogens (tertiary/aromatic N) is 4. The lowest BCUT2D eigenvalue weighted by atomic mass is 10.1. The van der Waals surface area contributed by atoms with Crippen LogP contribution in [0.15, 0.2) is 77.9 Å². The fourth-order valence-corrected chi connectivity index (χ4v) is 3.72. The van der Waals surface area contributed by atoms with E-state index in [9.17, 15) is 14.0 Å². The number of fused-ring (bicyclic) bond motifs is 3. The highest BCUT2D eigenvalue weighted by Gasteiger charge is 2.19. The number of hydrogen-bond acceptors (Lipinski definition) is 5. The first-order valence-corrected chi connectivity index (χ1v) is 10.1. The van der Waals surface area contributed by atoms with Gasteiger partial charge in [0.2, 0.25) is 0 Å². The van der Waals surface area contributed by atoms with Gasteiger partial charge >= 0.3 is 0 Å². The number of aromatic nitrogens is 4. The summed E-state index contributed by atoms with van der Waals surface area (Å²) in [5.74, 6) is -0.996. The Bertz CT molecular complexity index is 1540. The zero-order valence-corrected chi connectivity index (χ0v) is 17.5. The number of amides is 1. The van der Waals surface area contributed by atoms with E-state index in [2.05, 4.69) is 15.5 Å². The molecule has 164 valence electrons. The lowest BCUT2D eigenvalue weighted by Gasteiger charge is -2.10. The van der Waals surface area contributed by atoms with Gasteiger partial charge in [-0.1, -0.05) is 30.3 Å². The minimum atomic E-state index is -0.543. The summed E-state index contributed by atoms with van der Waals surface area (Å²) in [5, 5.41) is 4.93. The molecule has 0 saturated heterocycles. The molecule has 0 atom stereocenters. The fraction of sp³-hybridized carbons (Fsp3) is 0.0833.